The van der Waals surface area contributed by atoms with Gasteiger partial charge in [0.15, 0.2) is 0 Å². The average molecular weight is 255 g/mol. The zero-order valence-corrected chi connectivity index (χ0v) is 10.2. The third-order valence-corrected chi connectivity index (χ3v) is 4.16. The van der Waals surface area contributed by atoms with E-state index in [2.05, 4.69) is 22.1 Å². The highest BCUT2D eigenvalue weighted by molar-refractivity contribution is 5.93. The van der Waals surface area contributed by atoms with E-state index in [9.17, 15) is 9.59 Å². The van der Waals surface area contributed by atoms with Crippen LogP contribution in [0.5, 0.6) is 0 Å². The van der Waals surface area contributed by atoms with Crippen LogP contribution in [0.3, 0.4) is 0 Å². The first kappa shape index (κ1) is 10.6. The Hall–Kier alpha value is -2.30. The molecule has 19 heavy (non-hydrogen) atoms. The summed E-state index contributed by atoms with van der Waals surface area (Å²) in [6, 6.07) is 8.54. The van der Waals surface area contributed by atoms with Crippen molar-refractivity contribution in [1.82, 2.24) is 14.9 Å². The maximum atomic E-state index is 12.5. The van der Waals surface area contributed by atoms with Crippen LogP contribution >= 0.6 is 0 Å². The molecule has 96 valence electrons. The van der Waals surface area contributed by atoms with Crippen molar-refractivity contribution < 1.29 is 4.79 Å². The first-order valence-corrected chi connectivity index (χ1v) is 6.45. The molecule has 1 fully saturated rings. The highest BCUT2D eigenvalue weighted by atomic mass is 16.2. The molecular formula is C14H13N3O2. The Labute approximate surface area is 109 Å². The number of amides is 1. The first-order chi connectivity index (χ1) is 9.25. The van der Waals surface area contributed by atoms with Crippen LogP contribution in [0.2, 0.25) is 0 Å². The lowest BCUT2D eigenvalue weighted by atomic mass is 9.92. The lowest BCUT2D eigenvalue weighted by Gasteiger charge is -2.21. The number of nitrogens with zero attached hydrogens (tertiary/aromatic N) is 1. The Balaban J connectivity index is 1.76. The quantitative estimate of drug-likeness (QED) is 0.814. The van der Waals surface area contributed by atoms with Crippen molar-refractivity contribution >= 4 is 5.91 Å². The smallest absolute Gasteiger partial charge is 0.323 e. The Morgan fingerprint density at radius 2 is 1.79 bits per heavy atom. The van der Waals surface area contributed by atoms with Crippen LogP contribution in [0, 0.1) is 0 Å². The second kappa shape index (κ2) is 3.60. The second-order valence-corrected chi connectivity index (χ2v) is 5.11. The van der Waals surface area contributed by atoms with Gasteiger partial charge in [-0.05, 0) is 24.0 Å². The van der Waals surface area contributed by atoms with Crippen molar-refractivity contribution in [1.29, 1.82) is 0 Å². The van der Waals surface area contributed by atoms with Gasteiger partial charge >= 0.3 is 5.69 Å². The van der Waals surface area contributed by atoms with Crippen LogP contribution in [0.25, 0.3) is 0 Å². The number of aromatic amines is 2. The monoisotopic (exact) mass is 255 g/mol. The van der Waals surface area contributed by atoms with Crippen molar-refractivity contribution in [3.05, 3.63) is 57.8 Å². The van der Waals surface area contributed by atoms with Gasteiger partial charge in [-0.15, -0.1) is 0 Å². The number of fused-ring (bicyclic) bond motifs is 5. The topological polar surface area (TPSA) is 69.0 Å². The molecule has 1 aromatic heterocycles. The molecule has 2 aromatic rings. The number of benzene rings is 1. The fraction of sp³-hybridized carbons (Fsp3) is 0.286. The number of hydrogen-bond acceptors (Lipinski definition) is 2. The molecule has 0 saturated carbocycles. The zero-order valence-electron chi connectivity index (χ0n) is 10.2. The van der Waals surface area contributed by atoms with Crippen molar-refractivity contribution in [2.24, 2.45) is 0 Å². The van der Waals surface area contributed by atoms with Crippen LogP contribution < -0.4 is 5.69 Å². The molecule has 5 heteroatoms. The normalized spacial score (nSPS) is 23.7. The highest BCUT2D eigenvalue weighted by Gasteiger charge is 2.46. The molecule has 1 amide bonds. The van der Waals surface area contributed by atoms with Crippen molar-refractivity contribution in [3.63, 3.8) is 0 Å². The van der Waals surface area contributed by atoms with Crippen LogP contribution in [0.4, 0.5) is 0 Å². The largest absolute Gasteiger partial charge is 0.323 e. The molecule has 2 N–H and O–H groups in total. The van der Waals surface area contributed by atoms with Gasteiger partial charge in [0.2, 0.25) is 0 Å². The Morgan fingerprint density at radius 1 is 1.16 bits per heavy atom. The van der Waals surface area contributed by atoms with Crippen LogP contribution in [-0.2, 0) is 0 Å². The van der Waals surface area contributed by atoms with Crippen molar-refractivity contribution in [3.8, 4) is 0 Å². The molecule has 0 unspecified atom stereocenters. The van der Waals surface area contributed by atoms with E-state index in [1.165, 1.54) is 17.3 Å². The van der Waals surface area contributed by atoms with Crippen molar-refractivity contribution in [2.45, 2.75) is 24.9 Å². The Morgan fingerprint density at radius 3 is 2.32 bits per heavy atom. The third kappa shape index (κ3) is 1.35. The minimum absolute atomic E-state index is 0.0953. The van der Waals surface area contributed by atoms with Gasteiger partial charge in [0.25, 0.3) is 5.91 Å². The van der Waals surface area contributed by atoms with Gasteiger partial charge in [0.1, 0.15) is 5.69 Å². The maximum absolute atomic E-state index is 12.5. The van der Waals surface area contributed by atoms with E-state index in [0.29, 0.717) is 5.69 Å². The van der Waals surface area contributed by atoms with Gasteiger partial charge in [-0.25, -0.2) is 4.79 Å². The Kier molecular flexibility index (Phi) is 2.01. The average Bonchev–Trinajstić information content (AvgIpc) is 3.11. The summed E-state index contributed by atoms with van der Waals surface area (Å²) in [6.07, 6.45) is 3.46. The Bertz CT molecular complexity index is 684. The van der Waals surface area contributed by atoms with E-state index < -0.39 is 0 Å². The van der Waals surface area contributed by atoms with E-state index in [-0.39, 0.29) is 23.7 Å². The van der Waals surface area contributed by atoms with Crippen molar-refractivity contribution in [2.75, 3.05) is 0 Å². The van der Waals surface area contributed by atoms with E-state index in [1.54, 1.807) is 0 Å². The summed E-state index contributed by atoms with van der Waals surface area (Å²) in [5, 5.41) is 0. The number of imidazole rings is 1. The molecule has 5 nitrogen and oxygen atoms in total. The molecular weight excluding hydrogens is 242 g/mol. The predicted octanol–water partition coefficient (Wildman–Crippen LogP) is 1.73. The summed E-state index contributed by atoms with van der Waals surface area (Å²) in [5.41, 5.74) is 2.51. The van der Waals surface area contributed by atoms with E-state index in [4.69, 9.17) is 0 Å². The maximum Gasteiger partial charge on any atom is 0.323 e. The SMILES string of the molecule is O=C(c1c[nH]c(=O)[nH]1)N1[C@H]2CC[C@H]1c1ccccc12. The van der Waals surface area contributed by atoms with Gasteiger partial charge in [0.05, 0.1) is 12.1 Å². The molecule has 2 aliphatic rings. The van der Waals surface area contributed by atoms with Gasteiger partial charge in [-0.3, -0.25) is 4.79 Å². The lowest BCUT2D eigenvalue weighted by molar-refractivity contribution is 0.0691. The van der Waals surface area contributed by atoms with Crippen LogP contribution in [0.1, 0.15) is 46.5 Å². The fourth-order valence-electron chi connectivity index (χ4n) is 3.41. The second-order valence-electron chi connectivity index (χ2n) is 5.11. The summed E-state index contributed by atoms with van der Waals surface area (Å²) in [7, 11) is 0. The first-order valence-electron chi connectivity index (χ1n) is 6.45. The molecule has 0 aliphatic carbocycles. The molecule has 2 atom stereocenters. The van der Waals surface area contributed by atoms with Gasteiger partial charge < -0.3 is 14.9 Å². The number of H-pyrrole nitrogens is 2. The fourth-order valence-corrected chi connectivity index (χ4v) is 3.41. The van der Waals surface area contributed by atoms with E-state index in [0.717, 1.165) is 12.8 Å². The standard InChI is InChI=1S/C14H13N3O2/c18-13(10-7-15-14(19)16-10)17-11-5-6-12(17)9-4-2-1-3-8(9)11/h1-4,7,11-12H,5-6H2,(H2,15,16,19)/t11-,12-/m0/s1. The summed E-state index contributed by atoms with van der Waals surface area (Å²) in [6.45, 7) is 0. The van der Waals surface area contributed by atoms with Crippen LogP contribution in [-0.4, -0.2) is 20.8 Å². The number of carbonyl (C=O) groups is 1. The summed E-state index contributed by atoms with van der Waals surface area (Å²) < 4.78 is 0. The minimum Gasteiger partial charge on any atom is -0.323 e. The highest BCUT2D eigenvalue weighted by Crippen LogP contribution is 2.53. The predicted molar refractivity (Wildman–Crippen MR) is 68.7 cm³/mol. The van der Waals surface area contributed by atoms with Gasteiger partial charge in [-0.2, -0.15) is 0 Å². The molecule has 2 bridgehead atoms. The van der Waals surface area contributed by atoms with Gasteiger partial charge in [0, 0.05) is 6.20 Å². The number of hydrogen-bond donors (Lipinski definition) is 2. The number of rotatable bonds is 1. The van der Waals surface area contributed by atoms with Crippen LogP contribution in [0.15, 0.2) is 35.3 Å². The molecule has 0 radical (unpaired) electrons. The molecule has 4 rings (SSSR count). The molecule has 0 spiro atoms. The number of carbonyl (C=O) groups excluding carboxylic acids is 1. The summed E-state index contributed by atoms with van der Waals surface area (Å²) in [4.78, 5) is 30.6. The molecule has 2 aliphatic heterocycles. The lowest BCUT2D eigenvalue weighted by Crippen LogP contribution is -2.28. The van der Waals surface area contributed by atoms with E-state index >= 15 is 0 Å². The molecule has 1 saturated heterocycles. The minimum atomic E-state index is -0.340. The number of nitrogens with one attached hydrogen (secondary N) is 2. The summed E-state index contributed by atoms with van der Waals surface area (Å²) >= 11 is 0. The van der Waals surface area contributed by atoms with E-state index in [1.807, 2.05) is 17.0 Å². The summed E-state index contributed by atoms with van der Waals surface area (Å²) in [5.74, 6) is -0.0953. The zero-order chi connectivity index (χ0) is 13.0. The van der Waals surface area contributed by atoms with Gasteiger partial charge in [-0.1, -0.05) is 24.3 Å². The third-order valence-electron chi connectivity index (χ3n) is 4.16. The number of aromatic nitrogens is 2. The molecule has 3 heterocycles. The molecule has 1 aromatic carbocycles.